The number of carbonyl (C=O) groups excluding carboxylic acids is 1. The normalized spacial score (nSPS) is 10.5. The minimum Gasteiger partial charge on any atom is -0.337 e. The van der Waals surface area contributed by atoms with Gasteiger partial charge in [-0.3, -0.25) is 4.79 Å². The second-order valence-corrected chi connectivity index (χ2v) is 6.69. The molecule has 2 nitrogen and oxygen atoms in total. The average Bonchev–Trinajstić information content (AvgIpc) is 2.71. The molecule has 0 unspecified atom stereocenters. The largest absolute Gasteiger partial charge is 0.337 e. The van der Waals surface area contributed by atoms with Crippen molar-refractivity contribution in [3.63, 3.8) is 0 Å². The predicted octanol–water partition coefficient (Wildman–Crippen LogP) is 4.23. The van der Waals surface area contributed by atoms with Crippen molar-refractivity contribution in [2.24, 2.45) is 0 Å². The number of amides is 1. The van der Waals surface area contributed by atoms with Crippen LogP contribution in [0.25, 0.3) is 0 Å². The molecule has 2 aromatic rings. The molecule has 0 atom stereocenters. The molecule has 1 heterocycles. The lowest BCUT2D eigenvalue weighted by Gasteiger charge is -2.16. The van der Waals surface area contributed by atoms with Gasteiger partial charge < -0.3 is 4.90 Å². The number of aryl methyl sites for hydroxylation is 1. The number of thiophene rings is 1. The Morgan fingerprint density at radius 1 is 1.42 bits per heavy atom. The highest BCUT2D eigenvalue weighted by atomic mass is 79.9. The number of nitrogens with zero attached hydrogens (tertiary/aromatic N) is 1. The molecule has 0 saturated carbocycles. The first-order valence-corrected chi connectivity index (χ1v) is 7.35. The smallest absolute Gasteiger partial charge is 0.264 e. The molecule has 1 aromatic carbocycles. The summed E-state index contributed by atoms with van der Waals surface area (Å²) in [6, 6.07) is 8.34. The number of rotatable bonds is 3. The van der Waals surface area contributed by atoms with Gasteiger partial charge in [-0.15, -0.1) is 11.3 Å². The third-order valence-corrected chi connectivity index (χ3v) is 4.90. The van der Waals surface area contributed by atoms with Crippen LogP contribution in [0.2, 0.25) is 0 Å². The summed E-state index contributed by atoms with van der Waals surface area (Å²) >= 11 is 4.80. The van der Waals surface area contributed by atoms with E-state index in [1.165, 1.54) is 22.3 Å². The lowest BCUT2D eigenvalue weighted by molar-refractivity contribution is 0.0788. The van der Waals surface area contributed by atoms with Crippen LogP contribution < -0.4 is 0 Å². The number of halogens is 2. The third-order valence-electron chi connectivity index (χ3n) is 2.78. The minimum absolute atomic E-state index is 0.0953. The standard InChI is InChI=1S/C14H13BrFNOS/c1-9-7-12(19-13(9)15)14(18)17(2)8-10-5-3-4-6-11(10)16/h3-7H,8H2,1-2H3. The fourth-order valence-electron chi connectivity index (χ4n) is 1.71. The Morgan fingerprint density at radius 2 is 2.11 bits per heavy atom. The van der Waals surface area contributed by atoms with Crippen LogP contribution in [-0.2, 0) is 6.54 Å². The Morgan fingerprint density at radius 3 is 2.68 bits per heavy atom. The van der Waals surface area contributed by atoms with Crippen LogP contribution in [0.3, 0.4) is 0 Å². The SMILES string of the molecule is Cc1cc(C(=O)N(C)Cc2ccccc2F)sc1Br. The average molecular weight is 342 g/mol. The number of benzene rings is 1. The molecule has 1 amide bonds. The Hall–Kier alpha value is -1.20. The predicted molar refractivity (Wildman–Crippen MR) is 79.0 cm³/mol. The van der Waals surface area contributed by atoms with E-state index in [1.807, 2.05) is 13.0 Å². The van der Waals surface area contributed by atoms with Crippen molar-refractivity contribution in [1.29, 1.82) is 0 Å². The van der Waals surface area contributed by atoms with Gasteiger partial charge in [-0.05, 0) is 40.5 Å². The molecule has 19 heavy (non-hydrogen) atoms. The van der Waals surface area contributed by atoms with Gasteiger partial charge in [-0.2, -0.15) is 0 Å². The Balaban J connectivity index is 2.14. The lowest BCUT2D eigenvalue weighted by Crippen LogP contribution is -2.25. The van der Waals surface area contributed by atoms with E-state index in [0.29, 0.717) is 10.4 Å². The second kappa shape index (κ2) is 5.84. The molecule has 0 radical (unpaired) electrons. The van der Waals surface area contributed by atoms with Crippen LogP contribution in [0.1, 0.15) is 20.8 Å². The van der Waals surface area contributed by atoms with Crippen molar-refractivity contribution in [2.45, 2.75) is 13.5 Å². The van der Waals surface area contributed by atoms with Gasteiger partial charge in [0.25, 0.3) is 5.91 Å². The number of hydrogen-bond acceptors (Lipinski definition) is 2. The molecule has 5 heteroatoms. The topological polar surface area (TPSA) is 20.3 Å². The summed E-state index contributed by atoms with van der Waals surface area (Å²) in [6.07, 6.45) is 0. The van der Waals surface area contributed by atoms with E-state index in [9.17, 15) is 9.18 Å². The molecular weight excluding hydrogens is 329 g/mol. The molecular formula is C14H13BrFNOS. The minimum atomic E-state index is -0.286. The highest BCUT2D eigenvalue weighted by Crippen LogP contribution is 2.28. The molecule has 1 aromatic heterocycles. The molecule has 0 aliphatic carbocycles. The molecule has 100 valence electrons. The molecule has 0 aliphatic rings. The molecule has 2 rings (SSSR count). The van der Waals surface area contributed by atoms with Gasteiger partial charge in [0.1, 0.15) is 5.82 Å². The Kier molecular flexibility index (Phi) is 4.37. The van der Waals surface area contributed by atoms with E-state index in [-0.39, 0.29) is 18.3 Å². The monoisotopic (exact) mass is 341 g/mol. The van der Waals surface area contributed by atoms with E-state index >= 15 is 0 Å². The van der Waals surface area contributed by atoms with E-state index in [0.717, 1.165) is 9.35 Å². The first-order chi connectivity index (χ1) is 8.99. The number of carbonyl (C=O) groups is 1. The van der Waals surface area contributed by atoms with E-state index < -0.39 is 0 Å². The van der Waals surface area contributed by atoms with Crippen molar-refractivity contribution >= 4 is 33.2 Å². The van der Waals surface area contributed by atoms with Crippen molar-refractivity contribution < 1.29 is 9.18 Å². The zero-order valence-electron chi connectivity index (χ0n) is 10.6. The van der Waals surface area contributed by atoms with Gasteiger partial charge in [-0.1, -0.05) is 18.2 Å². The summed E-state index contributed by atoms with van der Waals surface area (Å²) in [7, 11) is 1.68. The first-order valence-electron chi connectivity index (χ1n) is 5.74. The van der Waals surface area contributed by atoms with Gasteiger partial charge >= 0.3 is 0 Å². The fourth-order valence-corrected chi connectivity index (χ4v) is 3.24. The van der Waals surface area contributed by atoms with E-state index in [4.69, 9.17) is 0 Å². The van der Waals surface area contributed by atoms with Crippen LogP contribution in [0.4, 0.5) is 4.39 Å². The summed E-state index contributed by atoms with van der Waals surface area (Å²) in [5.74, 6) is -0.382. The summed E-state index contributed by atoms with van der Waals surface area (Å²) < 4.78 is 14.5. The van der Waals surface area contributed by atoms with Crippen molar-refractivity contribution in [3.05, 3.63) is 55.9 Å². The third kappa shape index (κ3) is 3.22. The lowest BCUT2D eigenvalue weighted by atomic mass is 10.2. The molecule has 0 saturated heterocycles. The maximum Gasteiger partial charge on any atom is 0.264 e. The molecule has 0 aliphatic heterocycles. The second-order valence-electron chi connectivity index (χ2n) is 4.32. The molecule has 0 bridgehead atoms. The van der Waals surface area contributed by atoms with Crippen LogP contribution >= 0.6 is 27.3 Å². The van der Waals surface area contributed by atoms with Gasteiger partial charge in [0.15, 0.2) is 0 Å². The van der Waals surface area contributed by atoms with Crippen molar-refractivity contribution in [2.75, 3.05) is 7.05 Å². The molecule has 0 N–H and O–H groups in total. The molecule has 0 spiro atoms. The zero-order chi connectivity index (χ0) is 14.0. The van der Waals surface area contributed by atoms with Gasteiger partial charge in [0.05, 0.1) is 8.66 Å². The van der Waals surface area contributed by atoms with Crippen LogP contribution in [-0.4, -0.2) is 17.9 Å². The highest BCUT2D eigenvalue weighted by molar-refractivity contribution is 9.11. The van der Waals surface area contributed by atoms with Gasteiger partial charge in [0, 0.05) is 19.2 Å². The maximum atomic E-state index is 13.5. The van der Waals surface area contributed by atoms with Crippen LogP contribution in [0.5, 0.6) is 0 Å². The first kappa shape index (κ1) is 14.2. The van der Waals surface area contributed by atoms with Crippen LogP contribution in [0, 0.1) is 12.7 Å². The summed E-state index contributed by atoms with van der Waals surface area (Å²) in [6.45, 7) is 2.20. The van der Waals surface area contributed by atoms with Crippen molar-refractivity contribution in [3.8, 4) is 0 Å². The Labute approximate surface area is 124 Å². The quantitative estimate of drug-likeness (QED) is 0.817. The van der Waals surface area contributed by atoms with Gasteiger partial charge in [0.2, 0.25) is 0 Å². The summed E-state index contributed by atoms with van der Waals surface area (Å²) in [5, 5.41) is 0. The number of hydrogen-bond donors (Lipinski definition) is 0. The maximum absolute atomic E-state index is 13.5. The fraction of sp³-hybridized carbons (Fsp3) is 0.214. The van der Waals surface area contributed by atoms with Gasteiger partial charge in [-0.25, -0.2) is 4.39 Å². The van der Waals surface area contributed by atoms with Crippen LogP contribution in [0.15, 0.2) is 34.1 Å². The zero-order valence-corrected chi connectivity index (χ0v) is 13.0. The summed E-state index contributed by atoms with van der Waals surface area (Å²) in [5.41, 5.74) is 1.55. The van der Waals surface area contributed by atoms with E-state index in [1.54, 1.807) is 25.2 Å². The van der Waals surface area contributed by atoms with Crippen molar-refractivity contribution in [1.82, 2.24) is 4.90 Å². The Bertz CT molecular complexity index is 592. The summed E-state index contributed by atoms with van der Waals surface area (Å²) in [4.78, 5) is 14.4. The highest BCUT2D eigenvalue weighted by Gasteiger charge is 2.16. The molecule has 0 fully saturated rings. The van der Waals surface area contributed by atoms with E-state index in [2.05, 4.69) is 15.9 Å².